The maximum atomic E-state index is 11.7. The molecule has 0 aliphatic rings. The molecule has 0 aromatic heterocycles. The number of hydrogen-bond acceptors (Lipinski definition) is 3. The van der Waals surface area contributed by atoms with E-state index < -0.39 is 5.97 Å². The maximum absolute atomic E-state index is 11.7. The Bertz CT molecular complexity index is 2120. The second-order valence-electron chi connectivity index (χ2n) is 11.8. The van der Waals surface area contributed by atoms with Gasteiger partial charge < -0.3 is 9.64 Å². The van der Waals surface area contributed by atoms with Crippen molar-refractivity contribution in [3.63, 3.8) is 0 Å². The highest BCUT2D eigenvalue weighted by Gasteiger charge is 2.14. The summed E-state index contributed by atoms with van der Waals surface area (Å²) in [4.78, 5) is 14.0. The molecule has 0 saturated heterocycles. The van der Waals surface area contributed by atoms with Crippen LogP contribution < -0.4 is 9.64 Å². The van der Waals surface area contributed by atoms with E-state index in [1.807, 2.05) is 42.5 Å². The van der Waals surface area contributed by atoms with E-state index in [0.717, 1.165) is 45.4 Å². The van der Waals surface area contributed by atoms with Crippen molar-refractivity contribution in [1.82, 2.24) is 0 Å². The molecule has 0 fully saturated rings. The van der Waals surface area contributed by atoms with Crippen molar-refractivity contribution >= 4 is 34.7 Å². The molecule has 0 N–H and O–H groups in total. The highest BCUT2D eigenvalue weighted by Crippen LogP contribution is 2.37. The Morgan fingerprint density at radius 2 is 0.860 bits per heavy atom. The fourth-order valence-electron chi connectivity index (χ4n) is 6.01. The van der Waals surface area contributed by atoms with Crippen molar-refractivity contribution in [1.29, 1.82) is 0 Å². The number of anilines is 3. The highest BCUT2D eigenvalue weighted by atomic mass is 16.5. The lowest BCUT2D eigenvalue weighted by Gasteiger charge is -2.26. The SMILES string of the molecule is C=CC(=O)Oc1ccc(/C(=C/c2ccc(N(c3ccc(-c4ccccc4)cc3)c3ccc(-c4ccccc4)cc3)cc2)c2ccccc2)cc1. The Balaban J connectivity index is 1.24. The van der Waals surface area contributed by atoms with E-state index in [0.29, 0.717) is 5.75 Å². The molecular formula is C47H35NO2. The van der Waals surface area contributed by atoms with E-state index in [4.69, 9.17) is 4.74 Å². The average molecular weight is 646 g/mol. The average Bonchev–Trinajstić information content (AvgIpc) is 3.19. The molecule has 0 bridgehead atoms. The van der Waals surface area contributed by atoms with Gasteiger partial charge in [-0.25, -0.2) is 4.79 Å². The summed E-state index contributed by atoms with van der Waals surface area (Å²) in [6.07, 6.45) is 3.35. The predicted octanol–water partition coefficient (Wildman–Crippen LogP) is 12.2. The van der Waals surface area contributed by atoms with Gasteiger partial charge in [-0.05, 0) is 99.1 Å². The Morgan fingerprint density at radius 3 is 1.32 bits per heavy atom. The first-order chi connectivity index (χ1) is 24.6. The van der Waals surface area contributed by atoms with Gasteiger partial charge in [-0.15, -0.1) is 0 Å². The molecule has 0 spiro atoms. The van der Waals surface area contributed by atoms with Crippen LogP contribution in [0.1, 0.15) is 16.7 Å². The second kappa shape index (κ2) is 15.0. The number of carbonyl (C=O) groups excluding carboxylic acids is 1. The molecular weight excluding hydrogens is 611 g/mol. The first-order valence-corrected chi connectivity index (χ1v) is 16.6. The number of hydrogen-bond donors (Lipinski definition) is 0. The first-order valence-electron chi connectivity index (χ1n) is 16.6. The zero-order chi connectivity index (χ0) is 34.1. The third-order valence-electron chi connectivity index (χ3n) is 8.56. The summed E-state index contributed by atoms with van der Waals surface area (Å²) in [7, 11) is 0. The second-order valence-corrected chi connectivity index (χ2v) is 11.8. The van der Waals surface area contributed by atoms with Gasteiger partial charge >= 0.3 is 5.97 Å². The monoisotopic (exact) mass is 645 g/mol. The molecule has 0 saturated carbocycles. The van der Waals surface area contributed by atoms with Crippen molar-refractivity contribution in [2.75, 3.05) is 4.90 Å². The third kappa shape index (κ3) is 7.38. The first kappa shape index (κ1) is 31.9. The van der Waals surface area contributed by atoms with Crippen molar-refractivity contribution in [2.45, 2.75) is 0 Å². The third-order valence-corrected chi connectivity index (χ3v) is 8.56. The van der Waals surface area contributed by atoms with Gasteiger partial charge in [0.2, 0.25) is 0 Å². The largest absolute Gasteiger partial charge is 0.423 e. The summed E-state index contributed by atoms with van der Waals surface area (Å²) >= 11 is 0. The predicted molar refractivity (Wildman–Crippen MR) is 208 cm³/mol. The lowest BCUT2D eigenvalue weighted by atomic mass is 9.95. The number of benzene rings is 7. The van der Waals surface area contributed by atoms with Crippen LogP contribution in [0, 0.1) is 0 Å². The summed E-state index contributed by atoms with van der Waals surface area (Å²) in [5.41, 5.74) is 12.2. The molecule has 0 amide bonds. The van der Waals surface area contributed by atoms with Crippen molar-refractivity contribution in [3.05, 3.63) is 217 Å². The zero-order valence-corrected chi connectivity index (χ0v) is 27.5. The molecule has 7 aromatic rings. The molecule has 50 heavy (non-hydrogen) atoms. The number of ether oxygens (including phenoxy) is 1. The van der Waals surface area contributed by atoms with E-state index in [9.17, 15) is 4.79 Å². The summed E-state index contributed by atoms with van der Waals surface area (Å²) in [6.45, 7) is 3.48. The molecule has 0 radical (unpaired) electrons. The minimum absolute atomic E-state index is 0.476. The van der Waals surface area contributed by atoms with Crippen LogP contribution in [0.25, 0.3) is 33.9 Å². The number of rotatable bonds is 10. The molecule has 0 unspecified atom stereocenters. The van der Waals surface area contributed by atoms with Crippen molar-refractivity contribution in [3.8, 4) is 28.0 Å². The lowest BCUT2D eigenvalue weighted by molar-refractivity contribution is -0.128. The maximum Gasteiger partial charge on any atom is 0.335 e. The highest BCUT2D eigenvalue weighted by molar-refractivity contribution is 5.92. The Hall–Kier alpha value is -6.71. The van der Waals surface area contributed by atoms with Crippen LogP contribution >= 0.6 is 0 Å². The molecule has 0 aliphatic carbocycles. The summed E-state index contributed by atoms with van der Waals surface area (Å²) < 4.78 is 5.31. The Morgan fingerprint density at radius 1 is 0.460 bits per heavy atom. The minimum Gasteiger partial charge on any atom is -0.423 e. The van der Waals surface area contributed by atoms with Gasteiger partial charge in [0.1, 0.15) is 5.75 Å². The quantitative estimate of drug-likeness (QED) is 0.0641. The van der Waals surface area contributed by atoms with Crippen LogP contribution in [0.15, 0.2) is 201 Å². The van der Waals surface area contributed by atoms with E-state index >= 15 is 0 Å². The van der Waals surface area contributed by atoms with Crippen LogP contribution in [0.4, 0.5) is 17.1 Å². The Labute approximate surface area is 293 Å². The van der Waals surface area contributed by atoms with Crippen LogP contribution in [-0.2, 0) is 4.79 Å². The Kier molecular flexibility index (Phi) is 9.57. The zero-order valence-electron chi connectivity index (χ0n) is 27.5. The van der Waals surface area contributed by atoms with Crippen molar-refractivity contribution < 1.29 is 9.53 Å². The topological polar surface area (TPSA) is 29.5 Å². The molecule has 3 nitrogen and oxygen atoms in total. The van der Waals surface area contributed by atoms with Crippen LogP contribution in [-0.4, -0.2) is 5.97 Å². The molecule has 240 valence electrons. The molecule has 7 rings (SSSR count). The number of nitrogens with zero attached hydrogens (tertiary/aromatic N) is 1. The lowest BCUT2D eigenvalue weighted by Crippen LogP contribution is -2.09. The van der Waals surface area contributed by atoms with Crippen molar-refractivity contribution in [2.24, 2.45) is 0 Å². The van der Waals surface area contributed by atoms with E-state index in [2.05, 4.69) is 151 Å². The number of esters is 1. The molecule has 0 atom stereocenters. The minimum atomic E-state index is -0.481. The number of carbonyl (C=O) groups is 1. The van der Waals surface area contributed by atoms with Gasteiger partial charge in [-0.2, -0.15) is 0 Å². The summed E-state index contributed by atoms with van der Waals surface area (Å²) in [5, 5.41) is 0. The molecule has 0 aliphatic heterocycles. The van der Waals surface area contributed by atoms with Gasteiger partial charge in [0.15, 0.2) is 0 Å². The summed E-state index contributed by atoms with van der Waals surface area (Å²) in [5.74, 6) is -0.00547. The smallest absolute Gasteiger partial charge is 0.335 e. The summed E-state index contributed by atoms with van der Waals surface area (Å²) in [6, 6.07) is 64.9. The fraction of sp³-hybridized carbons (Fsp3) is 0. The van der Waals surface area contributed by atoms with E-state index in [-0.39, 0.29) is 0 Å². The van der Waals surface area contributed by atoms with Gasteiger partial charge in [-0.1, -0.05) is 146 Å². The fourth-order valence-corrected chi connectivity index (χ4v) is 6.01. The molecule has 7 aromatic carbocycles. The van der Waals surface area contributed by atoms with Gasteiger partial charge in [-0.3, -0.25) is 0 Å². The molecule has 0 heterocycles. The van der Waals surface area contributed by atoms with Crippen LogP contribution in [0.5, 0.6) is 5.75 Å². The van der Waals surface area contributed by atoms with E-state index in [1.54, 1.807) is 12.1 Å². The van der Waals surface area contributed by atoms with Gasteiger partial charge in [0.25, 0.3) is 0 Å². The van der Waals surface area contributed by atoms with Crippen LogP contribution in [0.2, 0.25) is 0 Å². The van der Waals surface area contributed by atoms with Gasteiger partial charge in [0.05, 0.1) is 0 Å². The van der Waals surface area contributed by atoms with Crippen LogP contribution in [0.3, 0.4) is 0 Å². The van der Waals surface area contributed by atoms with Gasteiger partial charge in [0, 0.05) is 23.1 Å². The normalized spacial score (nSPS) is 11.1. The molecule has 3 heteroatoms. The standard InChI is InChI=1S/C47H35NO2/c1-2-47(49)50-45-32-24-41(25-33-45)46(40-16-10-5-11-17-40)34-35-18-26-42(27-19-35)48(43-28-20-38(21-29-43)36-12-6-3-7-13-36)44-30-22-39(23-31-44)37-14-8-4-9-15-37/h2-34H,1H2/b46-34+. The van der Waals surface area contributed by atoms with E-state index in [1.165, 1.54) is 22.3 Å².